The van der Waals surface area contributed by atoms with E-state index in [2.05, 4.69) is 10.4 Å². The normalized spacial score (nSPS) is 10.4. The number of carbonyl (C=O) groups is 1. The first-order valence-electron chi connectivity index (χ1n) is 6.61. The summed E-state index contributed by atoms with van der Waals surface area (Å²) >= 11 is 0. The molecule has 6 nitrogen and oxygen atoms in total. The molecule has 0 atom stereocenters. The lowest BCUT2D eigenvalue weighted by molar-refractivity contribution is 0.101. The molecular weight excluding hydrogens is 275 g/mol. The number of nitrogens with zero attached hydrogens (tertiary/aromatic N) is 2. The fourth-order valence-corrected chi connectivity index (χ4v) is 1.93. The Morgan fingerprint density at radius 3 is 2.86 bits per heavy atom. The second-order valence-corrected chi connectivity index (χ2v) is 4.30. The predicted octanol–water partition coefficient (Wildman–Crippen LogP) is 2.28. The van der Waals surface area contributed by atoms with E-state index in [9.17, 15) is 9.18 Å². The van der Waals surface area contributed by atoms with Crippen LogP contribution in [-0.4, -0.2) is 22.3 Å². The molecule has 0 unspecified atom stereocenters. The number of benzene rings is 1. The molecule has 0 saturated carbocycles. The number of nitrogens with two attached hydrogens (primary N) is 1. The largest absolute Gasteiger partial charge is 0.491 e. The van der Waals surface area contributed by atoms with Gasteiger partial charge in [0.05, 0.1) is 18.5 Å². The van der Waals surface area contributed by atoms with Crippen LogP contribution in [0.1, 0.15) is 24.3 Å². The van der Waals surface area contributed by atoms with E-state index in [1.165, 1.54) is 23.0 Å². The fourth-order valence-electron chi connectivity index (χ4n) is 1.93. The van der Waals surface area contributed by atoms with E-state index < -0.39 is 11.7 Å². The van der Waals surface area contributed by atoms with Gasteiger partial charge in [0.25, 0.3) is 5.91 Å². The zero-order valence-electron chi connectivity index (χ0n) is 11.9. The zero-order chi connectivity index (χ0) is 15.4. The minimum atomic E-state index is -0.536. The number of nitrogens with one attached hydrogen (secondary N) is 1. The van der Waals surface area contributed by atoms with E-state index in [0.717, 1.165) is 0 Å². The Hall–Kier alpha value is -2.57. The van der Waals surface area contributed by atoms with E-state index in [-0.39, 0.29) is 17.1 Å². The van der Waals surface area contributed by atoms with Gasteiger partial charge in [-0.25, -0.2) is 4.39 Å². The smallest absolute Gasteiger partial charge is 0.276 e. The summed E-state index contributed by atoms with van der Waals surface area (Å²) in [6, 6.07) is 4.23. The molecule has 112 valence electrons. The molecule has 1 aromatic carbocycles. The van der Waals surface area contributed by atoms with Crippen molar-refractivity contribution in [2.24, 2.45) is 0 Å². The van der Waals surface area contributed by atoms with Crippen molar-refractivity contribution in [2.45, 2.75) is 20.4 Å². The number of aryl methyl sites for hydroxylation is 1. The predicted molar refractivity (Wildman–Crippen MR) is 77.8 cm³/mol. The number of hydrogen-bond donors (Lipinski definition) is 2. The van der Waals surface area contributed by atoms with Crippen LogP contribution in [0.5, 0.6) is 5.75 Å². The topological polar surface area (TPSA) is 82.2 Å². The maximum Gasteiger partial charge on any atom is 0.276 e. The molecule has 1 aromatic heterocycles. The Morgan fingerprint density at radius 1 is 1.48 bits per heavy atom. The maximum atomic E-state index is 13.7. The number of rotatable bonds is 5. The molecule has 1 amide bonds. The fraction of sp³-hybridized carbons (Fsp3) is 0.286. The molecule has 0 aliphatic rings. The highest BCUT2D eigenvalue weighted by atomic mass is 19.1. The second-order valence-electron chi connectivity index (χ2n) is 4.30. The molecule has 0 spiro atoms. The standard InChI is InChI=1S/C14H17FN4O2/c1-3-19-13(11(16)8-17-19)14(20)18-9-5-6-12(21-4-2)10(15)7-9/h5-8H,3-4,16H2,1-2H3,(H,18,20). The van der Waals surface area contributed by atoms with Crippen molar-refractivity contribution in [2.75, 3.05) is 17.7 Å². The van der Waals surface area contributed by atoms with Crippen LogP contribution in [0.2, 0.25) is 0 Å². The summed E-state index contributed by atoms with van der Waals surface area (Å²) in [4.78, 5) is 12.2. The molecule has 3 N–H and O–H groups in total. The summed E-state index contributed by atoms with van der Waals surface area (Å²) in [5, 5.41) is 6.58. The van der Waals surface area contributed by atoms with Gasteiger partial charge < -0.3 is 15.8 Å². The molecule has 0 aliphatic heterocycles. The van der Waals surface area contributed by atoms with Crippen LogP contribution < -0.4 is 15.8 Å². The lowest BCUT2D eigenvalue weighted by atomic mass is 10.2. The van der Waals surface area contributed by atoms with Crippen molar-refractivity contribution in [3.05, 3.63) is 35.9 Å². The molecule has 0 fully saturated rings. The van der Waals surface area contributed by atoms with Crippen LogP contribution in [0.4, 0.5) is 15.8 Å². The molecule has 0 bridgehead atoms. The van der Waals surface area contributed by atoms with Crippen LogP contribution in [0, 0.1) is 5.82 Å². The zero-order valence-corrected chi connectivity index (χ0v) is 11.9. The van der Waals surface area contributed by atoms with E-state index in [1.54, 1.807) is 13.0 Å². The molecular formula is C14H17FN4O2. The maximum absolute atomic E-state index is 13.7. The minimum absolute atomic E-state index is 0.147. The first-order chi connectivity index (χ1) is 10.1. The average molecular weight is 292 g/mol. The molecule has 0 saturated heterocycles. The number of carbonyl (C=O) groups excluding carboxylic acids is 1. The van der Waals surface area contributed by atoms with E-state index in [1.807, 2.05) is 6.92 Å². The van der Waals surface area contributed by atoms with Crippen molar-refractivity contribution in [1.82, 2.24) is 9.78 Å². The lowest BCUT2D eigenvalue weighted by Crippen LogP contribution is -2.19. The molecule has 21 heavy (non-hydrogen) atoms. The van der Waals surface area contributed by atoms with E-state index >= 15 is 0 Å². The van der Waals surface area contributed by atoms with Crippen molar-refractivity contribution in [3.8, 4) is 5.75 Å². The van der Waals surface area contributed by atoms with Gasteiger partial charge in [0.2, 0.25) is 0 Å². The SMILES string of the molecule is CCOc1ccc(NC(=O)c2c(N)cnn2CC)cc1F. The third-order valence-electron chi connectivity index (χ3n) is 2.87. The number of halogens is 1. The Labute approximate surface area is 121 Å². The molecule has 2 rings (SSSR count). The Kier molecular flexibility index (Phi) is 4.42. The van der Waals surface area contributed by atoms with Crippen molar-refractivity contribution in [1.29, 1.82) is 0 Å². The first-order valence-corrected chi connectivity index (χ1v) is 6.61. The van der Waals surface area contributed by atoms with Crippen molar-refractivity contribution < 1.29 is 13.9 Å². The van der Waals surface area contributed by atoms with Gasteiger partial charge in [0.1, 0.15) is 5.69 Å². The highest BCUT2D eigenvalue weighted by Crippen LogP contribution is 2.22. The van der Waals surface area contributed by atoms with Crippen LogP contribution in [-0.2, 0) is 6.54 Å². The molecule has 7 heteroatoms. The molecule has 1 heterocycles. The lowest BCUT2D eigenvalue weighted by Gasteiger charge is -2.09. The second kappa shape index (κ2) is 6.25. The number of anilines is 2. The summed E-state index contributed by atoms with van der Waals surface area (Å²) < 4.78 is 20.3. The van der Waals surface area contributed by atoms with Gasteiger partial charge in [-0.1, -0.05) is 0 Å². The Balaban J connectivity index is 2.20. The number of aromatic nitrogens is 2. The molecule has 2 aromatic rings. The van der Waals surface area contributed by atoms with Gasteiger partial charge >= 0.3 is 0 Å². The average Bonchev–Trinajstić information content (AvgIpc) is 2.83. The van der Waals surface area contributed by atoms with Crippen molar-refractivity contribution >= 4 is 17.3 Å². The number of amides is 1. The van der Waals surface area contributed by atoms with Gasteiger partial charge in [-0.15, -0.1) is 0 Å². The van der Waals surface area contributed by atoms with Crippen LogP contribution in [0.15, 0.2) is 24.4 Å². The summed E-state index contributed by atoms with van der Waals surface area (Å²) in [5.41, 5.74) is 6.58. The quantitative estimate of drug-likeness (QED) is 0.885. The van der Waals surface area contributed by atoms with E-state index in [0.29, 0.717) is 18.8 Å². The number of ether oxygens (including phenoxy) is 1. The Bertz CT molecular complexity index is 654. The summed E-state index contributed by atoms with van der Waals surface area (Å²) in [6.07, 6.45) is 1.41. The van der Waals surface area contributed by atoms with Crippen LogP contribution in [0.3, 0.4) is 0 Å². The molecule has 0 radical (unpaired) electrons. The Morgan fingerprint density at radius 2 is 2.24 bits per heavy atom. The highest BCUT2D eigenvalue weighted by Gasteiger charge is 2.16. The number of nitrogen functional groups attached to an aromatic ring is 1. The summed E-state index contributed by atoms with van der Waals surface area (Å²) in [6.45, 7) is 4.50. The molecule has 0 aliphatic carbocycles. The number of hydrogen-bond acceptors (Lipinski definition) is 4. The third-order valence-corrected chi connectivity index (χ3v) is 2.87. The van der Waals surface area contributed by atoms with Gasteiger partial charge in [-0.3, -0.25) is 9.48 Å². The van der Waals surface area contributed by atoms with Crippen LogP contribution >= 0.6 is 0 Å². The minimum Gasteiger partial charge on any atom is -0.491 e. The monoisotopic (exact) mass is 292 g/mol. The van der Waals surface area contributed by atoms with E-state index in [4.69, 9.17) is 10.5 Å². The van der Waals surface area contributed by atoms with Gasteiger partial charge in [-0.05, 0) is 26.0 Å². The first kappa shape index (κ1) is 14.8. The van der Waals surface area contributed by atoms with Gasteiger partial charge in [-0.2, -0.15) is 5.10 Å². The van der Waals surface area contributed by atoms with Crippen LogP contribution in [0.25, 0.3) is 0 Å². The van der Waals surface area contributed by atoms with Gasteiger partial charge in [0, 0.05) is 18.3 Å². The summed E-state index contributed by atoms with van der Waals surface area (Å²) in [7, 11) is 0. The summed E-state index contributed by atoms with van der Waals surface area (Å²) in [5.74, 6) is -0.823. The highest BCUT2D eigenvalue weighted by molar-refractivity contribution is 6.06. The van der Waals surface area contributed by atoms with Crippen molar-refractivity contribution in [3.63, 3.8) is 0 Å². The third kappa shape index (κ3) is 3.13. The van der Waals surface area contributed by atoms with Gasteiger partial charge in [0.15, 0.2) is 11.6 Å².